The van der Waals surface area contributed by atoms with E-state index in [2.05, 4.69) is 57.2 Å². The first-order valence-corrected chi connectivity index (χ1v) is 5.76. The van der Waals surface area contributed by atoms with Gasteiger partial charge in [-0.1, -0.05) is 80.1 Å². The van der Waals surface area contributed by atoms with Crippen LogP contribution < -0.4 is 0 Å². The average Bonchev–Trinajstić information content (AvgIpc) is 2.32. The Morgan fingerprint density at radius 3 is 1.35 bits per heavy atom. The third-order valence-electron chi connectivity index (χ3n) is 2.41. The molecule has 0 fully saturated rings. The van der Waals surface area contributed by atoms with Crippen LogP contribution in [-0.2, 0) is 0 Å². The zero-order chi connectivity index (χ0) is 11.8. The number of hydrogen-bond acceptors (Lipinski definition) is 0. The van der Waals surface area contributed by atoms with Gasteiger partial charge in [0.25, 0.3) is 0 Å². The average molecular weight is 230 g/mol. The summed E-state index contributed by atoms with van der Waals surface area (Å²) < 4.78 is 0. The van der Waals surface area contributed by atoms with E-state index in [1.54, 1.807) is 0 Å². The van der Waals surface area contributed by atoms with Gasteiger partial charge in [0.15, 0.2) is 0 Å². The molecule has 0 saturated carbocycles. The van der Waals surface area contributed by atoms with Crippen LogP contribution in [0.1, 0.15) is 30.9 Å². The molecule has 0 aliphatic rings. The highest BCUT2D eigenvalue weighted by Crippen LogP contribution is 2.11. The van der Waals surface area contributed by atoms with Crippen molar-refractivity contribution in [2.45, 2.75) is 26.7 Å². The van der Waals surface area contributed by atoms with Crippen molar-refractivity contribution >= 4 is 0 Å². The molecule has 17 heavy (non-hydrogen) atoms. The van der Waals surface area contributed by atoms with E-state index in [0.717, 1.165) is 0 Å². The smallest absolute Gasteiger partial charge is 0.0219 e. The molecule has 0 spiro atoms. The lowest BCUT2D eigenvalue weighted by atomic mass is 10.0. The van der Waals surface area contributed by atoms with E-state index >= 15 is 0 Å². The second-order valence-corrected chi connectivity index (χ2v) is 4.22. The first-order valence-electron chi connectivity index (χ1n) is 5.76. The third-order valence-corrected chi connectivity index (χ3v) is 2.41. The summed E-state index contributed by atoms with van der Waals surface area (Å²) in [5.74, 6) is 0.659. The lowest BCUT2D eigenvalue weighted by molar-refractivity contribution is 0.824. The standard InChI is InChI=1S/C9H12.C7H8.H2O/c1-8(2)9-6-4-3-5-7-9;1-7-5-3-2-4-6-7;/h3-8H,1-2H3;2-6H,1H3;1H2. The van der Waals surface area contributed by atoms with Gasteiger partial charge in [-0.3, -0.25) is 0 Å². The predicted octanol–water partition coefficient (Wildman–Crippen LogP) is 3.98. The van der Waals surface area contributed by atoms with E-state index < -0.39 is 0 Å². The van der Waals surface area contributed by atoms with Gasteiger partial charge in [0.05, 0.1) is 0 Å². The molecule has 0 aliphatic heterocycles. The molecule has 1 nitrogen and oxygen atoms in total. The summed E-state index contributed by atoms with van der Waals surface area (Å²) in [5, 5.41) is 0. The minimum absolute atomic E-state index is 0. The molecule has 0 radical (unpaired) electrons. The lowest BCUT2D eigenvalue weighted by Crippen LogP contribution is -1.83. The molecule has 0 atom stereocenters. The molecule has 1 heteroatoms. The van der Waals surface area contributed by atoms with Crippen molar-refractivity contribution in [2.24, 2.45) is 0 Å². The molecular formula is C16H22O. The van der Waals surface area contributed by atoms with Crippen molar-refractivity contribution in [3.8, 4) is 0 Å². The van der Waals surface area contributed by atoms with Crippen molar-refractivity contribution in [2.75, 3.05) is 0 Å². The second kappa shape index (κ2) is 8.54. The van der Waals surface area contributed by atoms with E-state index in [0.29, 0.717) is 5.92 Å². The zero-order valence-electron chi connectivity index (χ0n) is 10.9. The predicted molar refractivity (Wildman–Crippen MR) is 75.3 cm³/mol. The Morgan fingerprint density at radius 2 is 1.12 bits per heavy atom. The summed E-state index contributed by atoms with van der Waals surface area (Å²) in [6.45, 7) is 6.49. The van der Waals surface area contributed by atoms with Crippen LogP contribution in [0.3, 0.4) is 0 Å². The van der Waals surface area contributed by atoms with E-state index in [1.165, 1.54) is 11.1 Å². The highest BCUT2D eigenvalue weighted by atomic mass is 16.0. The molecule has 92 valence electrons. The van der Waals surface area contributed by atoms with Crippen molar-refractivity contribution in [1.29, 1.82) is 0 Å². The van der Waals surface area contributed by atoms with Crippen LogP contribution in [0.5, 0.6) is 0 Å². The van der Waals surface area contributed by atoms with Crippen LogP contribution in [0.15, 0.2) is 60.7 Å². The Hall–Kier alpha value is -1.60. The van der Waals surface area contributed by atoms with E-state index in [1.807, 2.05) is 24.3 Å². The summed E-state index contributed by atoms with van der Waals surface area (Å²) >= 11 is 0. The Bertz CT molecular complexity index is 379. The topological polar surface area (TPSA) is 31.5 Å². The van der Waals surface area contributed by atoms with Gasteiger partial charge < -0.3 is 5.48 Å². The molecule has 0 aliphatic carbocycles. The van der Waals surface area contributed by atoms with Crippen LogP contribution in [0.2, 0.25) is 0 Å². The first kappa shape index (κ1) is 15.4. The number of rotatable bonds is 1. The van der Waals surface area contributed by atoms with Crippen molar-refractivity contribution < 1.29 is 5.48 Å². The summed E-state index contributed by atoms with van der Waals surface area (Å²) in [5.41, 5.74) is 2.74. The van der Waals surface area contributed by atoms with E-state index in [-0.39, 0.29) is 5.48 Å². The molecule has 0 amide bonds. The van der Waals surface area contributed by atoms with Gasteiger partial charge in [0.1, 0.15) is 0 Å². The maximum Gasteiger partial charge on any atom is -0.0219 e. The van der Waals surface area contributed by atoms with Gasteiger partial charge in [0, 0.05) is 0 Å². The fourth-order valence-electron chi connectivity index (χ4n) is 1.37. The van der Waals surface area contributed by atoms with Crippen LogP contribution in [-0.4, -0.2) is 5.48 Å². The number of aryl methyl sites for hydroxylation is 1. The van der Waals surface area contributed by atoms with Gasteiger partial charge in [-0.25, -0.2) is 0 Å². The molecule has 2 rings (SSSR count). The Labute approximate surface area is 104 Å². The van der Waals surface area contributed by atoms with Crippen LogP contribution >= 0.6 is 0 Å². The van der Waals surface area contributed by atoms with Crippen LogP contribution in [0, 0.1) is 6.92 Å². The lowest BCUT2D eigenvalue weighted by Gasteiger charge is -2.01. The van der Waals surface area contributed by atoms with Gasteiger partial charge in [-0.05, 0) is 18.4 Å². The van der Waals surface area contributed by atoms with Crippen molar-refractivity contribution in [1.82, 2.24) is 0 Å². The quantitative estimate of drug-likeness (QED) is 0.709. The molecule has 2 aromatic carbocycles. The highest BCUT2D eigenvalue weighted by Gasteiger charge is 1.93. The van der Waals surface area contributed by atoms with Crippen LogP contribution in [0.25, 0.3) is 0 Å². The summed E-state index contributed by atoms with van der Waals surface area (Å²) in [4.78, 5) is 0. The first-order chi connectivity index (χ1) is 7.70. The van der Waals surface area contributed by atoms with E-state index in [4.69, 9.17) is 0 Å². The monoisotopic (exact) mass is 230 g/mol. The molecular weight excluding hydrogens is 208 g/mol. The maximum atomic E-state index is 2.20. The maximum absolute atomic E-state index is 2.20. The molecule has 0 heterocycles. The Kier molecular flexibility index (Phi) is 7.74. The number of benzene rings is 2. The minimum Gasteiger partial charge on any atom is -0.412 e. The molecule has 0 saturated heterocycles. The Balaban J connectivity index is 0.000000292. The highest BCUT2D eigenvalue weighted by molar-refractivity contribution is 5.17. The largest absolute Gasteiger partial charge is 0.412 e. The third kappa shape index (κ3) is 6.54. The summed E-state index contributed by atoms with van der Waals surface area (Å²) in [6, 6.07) is 20.8. The fourth-order valence-corrected chi connectivity index (χ4v) is 1.37. The number of hydrogen-bond donors (Lipinski definition) is 0. The Morgan fingerprint density at radius 1 is 0.706 bits per heavy atom. The van der Waals surface area contributed by atoms with Gasteiger partial charge in [-0.15, -0.1) is 0 Å². The summed E-state index contributed by atoms with van der Waals surface area (Å²) in [7, 11) is 0. The normalized spacial score (nSPS) is 8.94. The fraction of sp³-hybridized carbons (Fsp3) is 0.250. The molecule has 2 N–H and O–H groups in total. The zero-order valence-corrected chi connectivity index (χ0v) is 10.9. The van der Waals surface area contributed by atoms with Gasteiger partial charge in [-0.2, -0.15) is 0 Å². The van der Waals surface area contributed by atoms with Crippen molar-refractivity contribution in [3.05, 3.63) is 71.8 Å². The van der Waals surface area contributed by atoms with Gasteiger partial charge >= 0.3 is 0 Å². The molecule has 0 unspecified atom stereocenters. The molecule has 0 bridgehead atoms. The second-order valence-electron chi connectivity index (χ2n) is 4.22. The minimum atomic E-state index is 0. The summed E-state index contributed by atoms with van der Waals surface area (Å²) in [6.07, 6.45) is 0. The van der Waals surface area contributed by atoms with Crippen LogP contribution in [0.4, 0.5) is 0 Å². The van der Waals surface area contributed by atoms with E-state index in [9.17, 15) is 0 Å². The van der Waals surface area contributed by atoms with Crippen molar-refractivity contribution in [3.63, 3.8) is 0 Å². The molecule has 0 aromatic heterocycles. The van der Waals surface area contributed by atoms with Gasteiger partial charge in [0.2, 0.25) is 0 Å². The SMILES string of the molecule is CC(C)c1ccccc1.Cc1ccccc1.O. The molecule has 2 aromatic rings.